The monoisotopic (exact) mass is 253 g/mol. The van der Waals surface area contributed by atoms with E-state index in [1.165, 1.54) is 6.26 Å². The number of rotatable bonds is 4. The molecule has 8 heteroatoms. The third-order valence-electron chi connectivity index (χ3n) is 1.74. The predicted molar refractivity (Wildman–Crippen MR) is 53.4 cm³/mol. The number of amidine groups is 1. The molecule has 1 aromatic rings. The van der Waals surface area contributed by atoms with E-state index in [1.54, 1.807) is 6.92 Å². The highest BCUT2D eigenvalue weighted by molar-refractivity contribution is 7.99. The molecule has 0 bridgehead atoms. The lowest BCUT2D eigenvalue weighted by atomic mass is 10.1. The molecule has 0 fully saturated rings. The summed E-state index contributed by atoms with van der Waals surface area (Å²) in [5.41, 5.74) is 5.48. The number of alkyl halides is 3. The summed E-state index contributed by atoms with van der Waals surface area (Å²) in [6.07, 6.45) is -3.17. The first-order valence-corrected chi connectivity index (χ1v) is 5.25. The lowest BCUT2D eigenvalue weighted by Gasteiger charge is -2.17. The summed E-state index contributed by atoms with van der Waals surface area (Å²) in [4.78, 5) is 3.84. The normalized spacial score (nSPS) is 13.8. The van der Waals surface area contributed by atoms with Gasteiger partial charge in [-0.2, -0.15) is 13.2 Å². The molecular weight excluding hydrogens is 243 g/mol. The number of hydrogen-bond donors (Lipinski definition) is 2. The Bertz CT molecular complexity index is 377. The van der Waals surface area contributed by atoms with E-state index in [-0.39, 0.29) is 5.22 Å². The number of nitrogens with two attached hydrogens (primary N) is 1. The Morgan fingerprint density at radius 3 is 2.69 bits per heavy atom. The molecule has 0 aliphatic heterocycles. The molecule has 90 valence electrons. The Balaban J connectivity index is 2.61. The Labute approximate surface area is 93.9 Å². The average molecular weight is 253 g/mol. The Kier molecular flexibility index (Phi) is 3.84. The minimum Gasteiger partial charge on any atom is -0.440 e. The molecule has 0 amide bonds. The third-order valence-corrected chi connectivity index (χ3v) is 2.68. The zero-order valence-electron chi connectivity index (χ0n) is 8.34. The zero-order valence-corrected chi connectivity index (χ0v) is 9.15. The van der Waals surface area contributed by atoms with Gasteiger partial charge in [-0.15, -0.1) is 0 Å². The van der Waals surface area contributed by atoms with Gasteiger partial charge in [0.2, 0.25) is 0 Å². The molecule has 1 aromatic heterocycles. The summed E-state index contributed by atoms with van der Waals surface area (Å²) in [7, 11) is 0. The largest absolute Gasteiger partial charge is 0.440 e. The van der Waals surface area contributed by atoms with Crippen LogP contribution in [0.3, 0.4) is 0 Å². The summed E-state index contributed by atoms with van der Waals surface area (Å²) in [6, 6.07) is 0. The maximum Gasteiger partial charge on any atom is 0.399 e. The van der Waals surface area contributed by atoms with Crippen molar-refractivity contribution >= 4 is 17.6 Å². The van der Waals surface area contributed by atoms with Crippen molar-refractivity contribution in [1.29, 1.82) is 5.41 Å². The minimum absolute atomic E-state index is 0.146. The molecule has 0 spiro atoms. The number of oxazole rings is 1. The fraction of sp³-hybridized carbons (Fsp3) is 0.500. The minimum atomic E-state index is -4.51. The lowest BCUT2D eigenvalue weighted by Crippen LogP contribution is -2.36. The van der Waals surface area contributed by atoms with Gasteiger partial charge in [0, 0.05) is 5.75 Å². The Morgan fingerprint density at radius 1 is 1.69 bits per heavy atom. The number of hydrogen-bond acceptors (Lipinski definition) is 4. The van der Waals surface area contributed by atoms with Crippen LogP contribution in [0.2, 0.25) is 0 Å². The van der Waals surface area contributed by atoms with Crippen LogP contribution < -0.4 is 5.73 Å². The zero-order chi connectivity index (χ0) is 12.3. The van der Waals surface area contributed by atoms with Crippen LogP contribution in [0.1, 0.15) is 5.69 Å². The topological polar surface area (TPSA) is 75.9 Å². The Morgan fingerprint density at radius 2 is 2.31 bits per heavy atom. The molecule has 0 saturated carbocycles. The fourth-order valence-electron chi connectivity index (χ4n) is 0.914. The highest BCUT2D eigenvalue weighted by Crippen LogP contribution is 2.31. The van der Waals surface area contributed by atoms with Crippen LogP contribution in [0.15, 0.2) is 15.9 Å². The van der Waals surface area contributed by atoms with Crippen molar-refractivity contribution in [2.24, 2.45) is 11.7 Å². The van der Waals surface area contributed by atoms with Crippen LogP contribution in [0.5, 0.6) is 0 Å². The first kappa shape index (κ1) is 12.9. The van der Waals surface area contributed by atoms with Crippen molar-refractivity contribution in [2.75, 3.05) is 5.75 Å². The molecular formula is C8H10F3N3OS. The van der Waals surface area contributed by atoms with E-state index in [2.05, 4.69) is 4.98 Å². The van der Waals surface area contributed by atoms with Crippen LogP contribution in [0.4, 0.5) is 13.2 Å². The van der Waals surface area contributed by atoms with E-state index >= 15 is 0 Å². The van der Waals surface area contributed by atoms with Gasteiger partial charge >= 0.3 is 6.18 Å². The number of nitrogens with one attached hydrogen (secondary N) is 1. The molecule has 0 radical (unpaired) electrons. The average Bonchev–Trinajstić information content (AvgIpc) is 2.48. The van der Waals surface area contributed by atoms with Crippen molar-refractivity contribution < 1.29 is 17.6 Å². The SMILES string of the molecule is Cc1coc(SCC(C(=N)N)C(F)(F)F)n1. The summed E-state index contributed by atoms with van der Waals surface area (Å²) in [6.45, 7) is 1.67. The lowest BCUT2D eigenvalue weighted by molar-refractivity contribution is -0.150. The second kappa shape index (κ2) is 4.77. The third kappa shape index (κ3) is 3.44. The highest BCUT2D eigenvalue weighted by Gasteiger charge is 2.42. The quantitative estimate of drug-likeness (QED) is 0.490. The second-order valence-electron chi connectivity index (χ2n) is 3.12. The van der Waals surface area contributed by atoms with Crippen LogP contribution in [-0.2, 0) is 0 Å². The van der Waals surface area contributed by atoms with Gasteiger partial charge in [0.15, 0.2) is 0 Å². The molecule has 1 unspecified atom stereocenters. The van der Waals surface area contributed by atoms with E-state index in [0.29, 0.717) is 5.69 Å². The van der Waals surface area contributed by atoms with Gasteiger partial charge in [0.1, 0.15) is 18.0 Å². The molecule has 3 N–H and O–H groups in total. The number of thioether (sulfide) groups is 1. The van der Waals surface area contributed by atoms with E-state index in [1.807, 2.05) is 0 Å². The fourth-order valence-corrected chi connectivity index (χ4v) is 1.92. The molecule has 0 aromatic carbocycles. The molecule has 1 atom stereocenters. The standard InChI is InChI=1S/C8H10F3N3OS/c1-4-2-15-7(14-4)16-3-5(6(12)13)8(9,10)11/h2,5H,3H2,1H3,(H3,12,13). The summed E-state index contributed by atoms with van der Waals surface area (Å²) >= 11 is 0.786. The van der Waals surface area contributed by atoms with E-state index < -0.39 is 23.7 Å². The van der Waals surface area contributed by atoms with Gasteiger partial charge in [-0.05, 0) is 6.92 Å². The molecule has 4 nitrogen and oxygen atoms in total. The van der Waals surface area contributed by atoms with Crippen LogP contribution in [-0.4, -0.2) is 22.7 Å². The molecule has 16 heavy (non-hydrogen) atoms. The van der Waals surface area contributed by atoms with Gasteiger partial charge in [-0.1, -0.05) is 11.8 Å². The van der Waals surface area contributed by atoms with Crippen LogP contribution in [0.25, 0.3) is 0 Å². The summed E-state index contributed by atoms with van der Waals surface area (Å²) in [5, 5.41) is 7.02. The molecule has 0 aliphatic carbocycles. The van der Waals surface area contributed by atoms with Crippen molar-refractivity contribution in [1.82, 2.24) is 4.98 Å². The number of aryl methyl sites for hydroxylation is 1. The van der Waals surface area contributed by atoms with Gasteiger partial charge < -0.3 is 10.2 Å². The van der Waals surface area contributed by atoms with Crippen molar-refractivity contribution in [3.63, 3.8) is 0 Å². The van der Waals surface area contributed by atoms with Crippen molar-refractivity contribution in [3.05, 3.63) is 12.0 Å². The van der Waals surface area contributed by atoms with E-state index in [9.17, 15) is 13.2 Å². The summed E-state index contributed by atoms with van der Waals surface area (Å²) in [5.74, 6) is -3.27. The predicted octanol–water partition coefficient (Wildman–Crippen LogP) is 2.19. The van der Waals surface area contributed by atoms with Crippen LogP contribution in [0, 0.1) is 18.3 Å². The van der Waals surface area contributed by atoms with Gasteiger partial charge in [-0.25, -0.2) is 4.98 Å². The molecule has 1 heterocycles. The molecule has 0 aliphatic rings. The maximum atomic E-state index is 12.4. The molecule has 1 rings (SSSR count). The van der Waals surface area contributed by atoms with Gasteiger partial charge in [-0.3, -0.25) is 5.41 Å². The second-order valence-corrected chi connectivity index (χ2v) is 4.09. The van der Waals surface area contributed by atoms with Crippen molar-refractivity contribution in [2.45, 2.75) is 18.3 Å². The van der Waals surface area contributed by atoms with Crippen molar-refractivity contribution in [3.8, 4) is 0 Å². The first-order valence-electron chi connectivity index (χ1n) is 4.26. The van der Waals surface area contributed by atoms with Crippen LogP contribution >= 0.6 is 11.8 Å². The summed E-state index contributed by atoms with van der Waals surface area (Å²) < 4.78 is 42.1. The highest BCUT2D eigenvalue weighted by atomic mass is 32.2. The smallest absolute Gasteiger partial charge is 0.399 e. The van der Waals surface area contributed by atoms with E-state index in [4.69, 9.17) is 15.6 Å². The maximum absolute atomic E-state index is 12.4. The number of halogens is 3. The first-order chi connectivity index (χ1) is 7.30. The number of aromatic nitrogens is 1. The van der Waals surface area contributed by atoms with Gasteiger partial charge in [0.25, 0.3) is 5.22 Å². The number of nitrogens with zero attached hydrogens (tertiary/aromatic N) is 1. The van der Waals surface area contributed by atoms with Gasteiger partial charge in [0.05, 0.1) is 5.69 Å². The Hall–Kier alpha value is -1.18. The molecule has 0 saturated heterocycles. The van der Waals surface area contributed by atoms with E-state index in [0.717, 1.165) is 11.8 Å².